The SMILES string of the molecule is CCCCn1nc(C)c(/C=N/n2c(C)n[nH]c2=S)c1Cl. The number of aromatic amines is 1. The first kappa shape index (κ1) is 14.9. The molecule has 0 saturated carbocycles. The van der Waals surface area contributed by atoms with Crippen molar-refractivity contribution in [2.45, 2.75) is 40.2 Å². The van der Waals surface area contributed by atoms with E-state index in [2.05, 4.69) is 27.3 Å². The van der Waals surface area contributed by atoms with E-state index < -0.39 is 0 Å². The summed E-state index contributed by atoms with van der Waals surface area (Å²) in [5.74, 6) is 0.693. The molecule has 0 aromatic carbocycles. The molecular formula is C12H17ClN6S. The van der Waals surface area contributed by atoms with Gasteiger partial charge in [-0.15, -0.1) is 0 Å². The van der Waals surface area contributed by atoms with Crippen LogP contribution in [0.25, 0.3) is 0 Å². The van der Waals surface area contributed by atoms with Gasteiger partial charge in [-0.1, -0.05) is 24.9 Å². The molecule has 0 bridgehead atoms. The lowest BCUT2D eigenvalue weighted by molar-refractivity contribution is 0.569. The van der Waals surface area contributed by atoms with Crippen LogP contribution in [0, 0.1) is 18.6 Å². The summed E-state index contributed by atoms with van der Waals surface area (Å²) in [6.45, 7) is 6.68. The maximum Gasteiger partial charge on any atom is 0.216 e. The third-order valence-electron chi connectivity index (χ3n) is 2.95. The summed E-state index contributed by atoms with van der Waals surface area (Å²) in [6, 6.07) is 0. The smallest absolute Gasteiger partial charge is 0.216 e. The van der Waals surface area contributed by atoms with E-state index in [1.54, 1.807) is 10.9 Å². The van der Waals surface area contributed by atoms with E-state index in [0.717, 1.165) is 30.6 Å². The Hall–Kier alpha value is -1.47. The Morgan fingerprint density at radius 2 is 2.20 bits per heavy atom. The number of aryl methyl sites for hydroxylation is 3. The molecule has 108 valence electrons. The van der Waals surface area contributed by atoms with Crippen molar-refractivity contribution in [2.24, 2.45) is 5.10 Å². The highest BCUT2D eigenvalue weighted by molar-refractivity contribution is 7.71. The standard InChI is InChI=1S/C12H17ClN6S/c1-4-5-6-18-11(13)10(8(2)17-18)7-14-19-9(3)15-16-12(19)20/h7H,4-6H2,1-3H3,(H,16,20)/b14-7+. The second kappa shape index (κ2) is 6.32. The lowest BCUT2D eigenvalue weighted by Crippen LogP contribution is -2.00. The Morgan fingerprint density at radius 1 is 1.45 bits per heavy atom. The van der Waals surface area contributed by atoms with Crippen LogP contribution < -0.4 is 0 Å². The number of aromatic nitrogens is 5. The zero-order chi connectivity index (χ0) is 14.7. The Bertz CT molecular complexity index is 681. The predicted octanol–water partition coefficient (Wildman–Crippen LogP) is 3.09. The van der Waals surface area contributed by atoms with Crippen LogP contribution >= 0.6 is 23.8 Å². The first-order valence-electron chi connectivity index (χ1n) is 6.45. The minimum atomic E-state index is 0.450. The van der Waals surface area contributed by atoms with Gasteiger partial charge in [-0.2, -0.15) is 20.0 Å². The molecule has 0 spiro atoms. The van der Waals surface area contributed by atoms with Crippen molar-refractivity contribution in [2.75, 3.05) is 0 Å². The molecule has 0 amide bonds. The molecule has 2 rings (SSSR count). The summed E-state index contributed by atoms with van der Waals surface area (Å²) < 4.78 is 3.81. The van der Waals surface area contributed by atoms with Gasteiger partial charge < -0.3 is 0 Å². The summed E-state index contributed by atoms with van der Waals surface area (Å²) in [4.78, 5) is 0. The van der Waals surface area contributed by atoms with Crippen LogP contribution in [0.1, 0.15) is 36.8 Å². The number of halogens is 1. The average molecular weight is 313 g/mol. The van der Waals surface area contributed by atoms with Gasteiger partial charge in [-0.25, -0.2) is 0 Å². The topological polar surface area (TPSA) is 63.8 Å². The van der Waals surface area contributed by atoms with Crippen LogP contribution in [-0.2, 0) is 6.54 Å². The molecule has 1 N–H and O–H groups in total. The van der Waals surface area contributed by atoms with E-state index in [9.17, 15) is 0 Å². The second-order valence-corrected chi connectivity index (χ2v) is 5.24. The van der Waals surface area contributed by atoms with Crippen molar-refractivity contribution < 1.29 is 0 Å². The highest BCUT2D eigenvalue weighted by Crippen LogP contribution is 2.18. The molecule has 6 nitrogen and oxygen atoms in total. The molecule has 0 radical (unpaired) electrons. The summed E-state index contributed by atoms with van der Waals surface area (Å²) in [5, 5.41) is 16.0. The summed E-state index contributed by atoms with van der Waals surface area (Å²) in [7, 11) is 0. The van der Waals surface area contributed by atoms with Gasteiger partial charge in [0, 0.05) is 6.54 Å². The number of nitrogens with zero attached hydrogens (tertiary/aromatic N) is 5. The molecule has 20 heavy (non-hydrogen) atoms. The summed E-state index contributed by atoms with van der Waals surface area (Å²) in [6.07, 6.45) is 3.82. The molecule has 0 saturated heterocycles. The van der Waals surface area contributed by atoms with Crippen LogP contribution in [0.5, 0.6) is 0 Å². The van der Waals surface area contributed by atoms with Crippen molar-refractivity contribution in [3.63, 3.8) is 0 Å². The van der Waals surface area contributed by atoms with Crippen molar-refractivity contribution in [1.29, 1.82) is 0 Å². The lowest BCUT2D eigenvalue weighted by atomic mass is 10.3. The van der Waals surface area contributed by atoms with E-state index in [1.807, 2.05) is 18.5 Å². The van der Waals surface area contributed by atoms with Gasteiger partial charge in [0.15, 0.2) is 0 Å². The first-order chi connectivity index (χ1) is 9.54. The van der Waals surface area contributed by atoms with E-state index in [0.29, 0.717) is 15.7 Å². The van der Waals surface area contributed by atoms with Crippen LogP contribution in [0.2, 0.25) is 5.15 Å². The largest absolute Gasteiger partial charge is 0.253 e. The summed E-state index contributed by atoms with van der Waals surface area (Å²) >= 11 is 11.4. The molecule has 2 aromatic rings. The fourth-order valence-electron chi connectivity index (χ4n) is 1.79. The Kier molecular flexibility index (Phi) is 4.72. The highest BCUT2D eigenvalue weighted by atomic mass is 35.5. The number of hydrogen-bond acceptors (Lipinski definition) is 4. The first-order valence-corrected chi connectivity index (χ1v) is 7.24. The molecule has 0 aliphatic heterocycles. The number of nitrogens with one attached hydrogen (secondary N) is 1. The van der Waals surface area contributed by atoms with Gasteiger partial charge in [-0.05, 0) is 32.5 Å². The predicted molar refractivity (Wildman–Crippen MR) is 82.0 cm³/mol. The fraction of sp³-hybridized carbons (Fsp3) is 0.500. The van der Waals surface area contributed by atoms with E-state index in [1.165, 1.54) is 0 Å². The molecule has 2 aromatic heterocycles. The lowest BCUT2D eigenvalue weighted by Gasteiger charge is -2.00. The van der Waals surface area contributed by atoms with Crippen LogP contribution in [0.15, 0.2) is 5.10 Å². The molecule has 2 heterocycles. The van der Waals surface area contributed by atoms with Gasteiger partial charge in [0.2, 0.25) is 4.77 Å². The van der Waals surface area contributed by atoms with Crippen molar-refractivity contribution in [3.8, 4) is 0 Å². The normalized spacial score (nSPS) is 11.6. The monoisotopic (exact) mass is 312 g/mol. The number of unbranched alkanes of at least 4 members (excludes halogenated alkanes) is 1. The third kappa shape index (κ3) is 2.99. The minimum absolute atomic E-state index is 0.450. The zero-order valence-corrected chi connectivity index (χ0v) is 13.3. The van der Waals surface area contributed by atoms with Crippen molar-refractivity contribution in [3.05, 3.63) is 27.0 Å². The molecule has 0 atom stereocenters. The highest BCUT2D eigenvalue weighted by Gasteiger charge is 2.11. The van der Waals surface area contributed by atoms with Crippen LogP contribution in [-0.4, -0.2) is 30.9 Å². The Labute approximate surface area is 127 Å². The Balaban J connectivity index is 2.30. The quantitative estimate of drug-likeness (QED) is 0.681. The van der Waals surface area contributed by atoms with Gasteiger partial charge >= 0.3 is 0 Å². The second-order valence-electron chi connectivity index (χ2n) is 4.50. The van der Waals surface area contributed by atoms with E-state index in [4.69, 9.17) is 23.8 Å². The number of rotatable bonds is 5. The van der Waals surface area contributed by atoms with E-state index >= 15 is 0 Å². The fourth-order valence-corrected chi connectivity index (χ4v) is 2.32. The van der Waals surface area contributed by atoms with Crippen LogP contribution in [0.4, 0.5) is 0 Å². The molecule has 0 aliphatic carbocycles. The molecule has 0 unspecified atom stereocenters. The van der Waals surface area contributed by atoms with Crippen LogP contribution in [0.3, 0.4) is 0 Å². The van der Waals surface area contributed by atoms with Gasteiger partial charge in [0.25, 0.3) is 0 Å². The summed E-state index contributed by atoms with van der Waals surface area (Å²) in [5.41, 5.74) is 1.66. The maximum absolute atomic E-state index is 6.34. The minimum Gasteiger partial charge on any atom is -0.253 e. The van der Waals surface area contributed by atoms with Gasteiger partial charge in [0.05, 0.1) is 17.5 Å². The molecular weight excluding hydrogens is 296 g/mol. The molecule has 8 heteroatoms. The van der Waals surface area contributed by atoms with Crippen molar-refractivity contribution in [1.82, 2.24) is 24.7 Å². The third-order valence-corrected chi connectivity index (χ3v) is 3.61. The number of H-pyrrole nitrogens is 1. The molecule has 0 aliphatic rings. The van der Waals surface area contributed by atoms with Gasteiger partial charge in [-0.3, -0.25) is 9.78 Å². The van der Waals surface area contributed by atoms with Crippen molar-refractivity contribution >= 4 is 30.0 Å². The van der Waals surface area contributed by atoms with Gasteiger partial charge in [0.1, 0.15) is 11.0 Å². The zero-order valence-electron chi connectivity index (χ0n) is 11.7. The maximum atomic E-state index is 6.34. The van der Waals surface area contributed by atoms with E-state index in [-0.39, 0.29) is 0 Å². The molecule has 0 fully saturated rings. The number of hydrogen-bond donors (Lipinski definition) is 1. The average Bonchev–Trinajstić information content (AvgIpc) is 2.87. The Morgan fingerprint density at radius 3 is 2.80 bits per heavy atom.